The predicted molar refractivity (Wildman–Crippen MR) is 48.4 cm³/mol. The maximum absolute atomic E-state index is 11.0. The van der Waals surface area contributed by atoms with Crippen molar-refractivity contribution in [3.05, 3.63) is 40.9 Å². The molecule has 1 amide bonds. The van der Waals surface area contributed by atoms with Crippen molar-refractivity contribution < 1.29 is 4.79 Å². The number of nitroso groups, excluding NO2 is 1. The first kappa shape index (κ1) is 7.67. The normalized spacial score (nSPS) is 10.2. The summed E-state index contributed by atoms with van der Waals surface area (Å²) >= 11 is 0. The van der Waals surface area contributed by atoms with Gasteiger partial charge in [-0.05, 0) is 6.07 Å². The van der Waals surface area contributed by atoms with Crippen LogP contribution in [0.5, 0.6) is 0 Å². The molecule has 0 radical (unpaired) electrons. The molecule has 0 saturated carbocycles. The quantitative estimate of drug-likeness (QED) is 0.672. The highest BCUT2D eigenvalue weighted by atomic mass is 16.3. The highest BCUT2D eigenvalue weighted by molar-refractivity contribution is 6.06. The first-order valence-electron chi connectivity index (χ1n) is 3.77. The first-order chi connectivity index (χ1) is 6.33. The number of hydrogen-bond donors (Lipinski definition) is 1. The monoisotopic (exact) mass is 174 g/mol. The molecule has 2 aromatic rings. The third-order valence-corrected chi connectivity index (χ3v) is 1.90. The fourth-order valence-corrected chi connectivity index (χ4v) is 1.30. The molecule has 0 aliphatic carbocycles. The molecule has 0 fully saturated rings. The molecule has 0 saturated heterocycles. The Morgan fingerprint density at radius 3 is 2.85 bits per heavy atom. The van der Waals surface area contributed by atoms with Crippen molar-refractivity contribution in [2.45, 2.75) is 0 Å². The second kappa shape index (κ2) is 2.82. The van der Waals surface area contributed by atoms with E-state index in [0.717, 1.165) is 10.9 Å². The number of nitrogens with zero attached hydrogens (tertiary/aromatic N) is 1. The lowest BCUT2D eigenvalue weighted by molar-refractivity contribution is 0.100. The Bertz CT molecular complexity index is 473. The van der Waals surface area contributed by atoms with Crippen molar-refractivity contribution in [3.63, 3.8) is 0 Å². The molecule has 1 aromatic carbocycles. The van der Waals surface area contributed by atoms with E-state index < -0.39 is 5.91 Å². The van der Waals surface area contributed by atoms with Crippen LogP contribution in [-0.2, 0) is 0 Å². The molecule has 2 rings (SSSR count). The van der Waals surface area contributed by atoms with Crippen molar-refractivity contribution in [3.8, 4) is 0 Å². The number of amides is 1. The van der Waals surface area contributed by atoms with E-state index in [-0.39, 0.29) is 0 Å². The molecule has 4 nitrogen and oxygen atoms in total. The van der Waals surface area contributed by atoms with Gasteiger partial charge in [0.2, 0.25) is 0 Å². The second-order valence-electron chi connectivity index (χ2n) is 2.64. The number of fused-ring (bicyclic) bond motifs is 1. The van der Waals surface area contributed by atoms with Gasteiger partial charge in [-0.15, -0.1) is 4.91 Å². The summed E-state index contributed by atoms with van der Waals surface area (Å²) in [4.78, 5) is 23.9. The van der Waals surface area contributed by atoms with Crippen LogP contribution in [0.2, 0.25) is 0 Å². The van der Waals surface area contributed by atoms with E-state index >= 15 is 0 Å². The number of para-hydroxylation sites is 1. The van der Waals surface area contributed by atoms with Crippen LogP contribution in [0.15, 0.2) is 35.6 Å². The van der Waals surface area contributed by atoms with E-state index in [2.05, 4.69) is 10.2 Å². The van der Waals surface area contributed by atoms with E-state index in [1.54, 1.807) is 12.1 Å². The summed E-state index contributed by atoms with van der Waals surface area (Å²) in [5.41, 5.74) is 1.15. The standard InChI is InChI=1S/C9H6N2O2/c12-9(11-13)7-5-10-8-4-2-1-3-6(7)8/h1-5,10H. The average molecular weight is 174 g/mol. The molecule has 0 spiro atoms. The molecule has 1 heterocycles. The Labute approximate surface area is 73.5 Å². The van der Waals surface area contributed by atoms with Crippen LogP contribution in [0.3, 0.4) is 0 Å². The number of H-pyrrole nitrogens is 1. The largest absolute Gasteiger partial charge is 0.360 e. The van der Waals surface area contributed by atoms with Crippen LogP contribution >= 0.6 is 0 Å². The van der Waals surface area contributed by atoms with E-state index in [1.807, 2.05) is 12.1 Å². The summed E-state index contributed by atoms with van der Waals surface area (Å²) in [6.07, 6.45) is 1.49. The van der Waals surface area contributed by atoms with E-state index in [1.165, 1.54) is 6.20 Å². The number of hydrogen-bond acceptors (Lipinski definition) is 2. The Kier molecular flexibility index (Phi) is 1.66. The Morgan fingerprint density at radius 1 is 1.31 bits per heavy atom. The van der Waals surface area contributed by atoms with Gasteiger partial charge in [0.25, 0.3) is 0 Å². The van der Waals surface area contributed by atoms with Crippen LogP contribution in [0.25, 0.3) is 10.9 Å². The summed E-state index contributed by atoms with van der Waals surface area (Å²) in [5, 5.41) is 3.10. The summed E-state index contributed by atoms with van der Waals surface area (Å²) in [5.74, 6) is -0.738. The molecule has 1 N–H and O–H groups in total. The average Bonchev–Trinajstić information content (AvgIpc) is 2.60. The van der Waals surface area contributed by atoms with Gasteiger partial charge in [-0.1, -0.05) is 18.2 Å². The molecule has 0 aliphatic rings. The molecule has 13 heavy (non-hydrogen) atoms. The number of benzene rings is 1. The maximum atomic E-state index is 11.0. The molecule has 0 unspecified atom stereocenters. The summed E-state index contributed by atoms with van der Waals surface area (Å²) < 4.78 is 0. The molecule has 4 heteroatoms. The van der Waals surface area contributed by atoms with Gasteiger partial charge in [-0.2, -0.15) is 0 Å². The minimum absolute atomic E-state index is 0.325. The maximum Gasteiger partial charge on any atom is 0.318 e. The lowest BCUT2D eigenvalue weighted by Gasteiger charge is -1.88. The van der Waals surface area contributed by atoms with Gasteiger partial charge in [0.15, 0.2) is 0 Å². The molecule has 64 valence electrons. The van der Waals surface area contributed by atoms with Crippen molar-refractivity contribution >= 4 is 16.8 Å². The Hall–Kier alpha value is -1.97. The highest BCUT2D eigenvalue weighted by Crippen LogP contribution is 2.17. The van der Waals surface area contributed by atoms with Crippen LogP contribution < -0.4 is 0 Å². The topological polar surface area (TPSA) is 62.3 Å². The fraction of sp³-hybridized carbons (Fsp3) is 0. The van der Waals surface area contributed by atoms with Crippen LogP contribution in [-0.4, -0.2) is 10.9 Å². The molecule has 0 aliphatic heterocycles. The van der Waals surface area contributed by atoms with Gasteiger partial charge in [0.1, 0.15) is 0 Å². The molecular formula is C9H6N2O2. The van der Waals surface area contributed by atoms with E-state index in [4.69, 9.17) is 0 Å². The van der Waals surface area contributed by atoms with Crippen LogP contribution in [0.1, 0.15) is 10.4 Å². The van der Waals surface area contributed by atoms with Gasteiger partial charge >= 0.3 is 5.91 Å². The van der Waals surface area contributed by atoms with Gasteiger partial charge < -0.3 is 4.98 Å². The molecule has 0 atom stereocenters. The number of nitrogens with one attached hydrogen (secondary N) is 1. The van der Waals surface area contributed by atoms with Crippen molar-refractivity contribution in [2.24, 2.45) is 5.18 Å². The zero-order chi connectivity index (χ0) is 9.26. The first-order valence-corrected chi connectivity index (χ1v) is 3.77. The number of carbonyl (C=O) groups is 1. The van der Waals surface area contributed by atoms with Gasteiger partial charge in [-0.25, -0.2) is 0 Å². The molecular weight excluding hydrogens is 168 g/mol. The molecule has 0 bridgehead atoms. The number of rotatable bonds is 1. The third kappa shape index (κ3) is 1.12. The fourth-order valence-electron chi connectivity index (χ4n) is 1.30. The summed E-state index contributed by atoms with van der Waals surface area (Å²) in [6, 6.07) is 7.25. The number of aromatic nitrogens is 1. The third-order valence-electron chi connectivity index (χ3n) is 1.90. The highest BCUT2D eigenvalue weighted by Gasteiger charge is 2.10. The summed E-state index contributed by atoms with van der Waals surface area (Å²) in [7, 11) is 0. The number of aromatic amines is 1. The summed E-state index contributed by atoms with van der Waals surface area (Å²) in [6.45, 7) is 0. The van der Waals surface area contributed by atoms with E-state index in [0.29, 0.717) is 5.56 Å². The lowest BCUT2D eigenvalue weighted by atomic mass is 10.2. The smallest absolute Gasteiger partial charge is 0.318 e. The van der Waals surface area contributed by atoms with Crippen molar-refractivity contribution in [1.29, 1.82) is 0 Å². The van der Waals surface area contributed by atoms with Crippen LogP contribution in [0, 0.1) is 4.91 Å². The zero-order valence-electron chi connectivity index (χ0n) is 6.65. The minimum Gasteiger partial charge on any atom is -0.360 e. The van der Waals surface area contributed by atoms with Gasteiger partial charge in [-0.3, -0.25) is 4.79 Å². The number of carbonyl (C=O) groups excluding carboxylic acids is 1. The Morgan fingerprint density at radius 2 is 2.08 bits per heavy atom. The van der Waals surface area contributed by atoms with Crippen LogP contribution in [0.4, 0.5) is 0 Å². The van der Waals surface area contributed by atoms with Gasteiger partial charge in [0.05, 0.1) is 5.56 Å². The zero-order valence-corrected chi connectivity index (χ0v) is 6.65. The van der Waals surface area contributed by atoms with Gasteiger partial charge in [0, 0.05) is 22.3 Å². The van der Waals surface area contributed by atoms with E-state index in [9.17, 15) is 9.70 Å². The minimum atomic E-state index is -0.738. The van der Waals surface area contributed by atoms with Crippen molar-refractivity contribution in [1.82, 2.24) is 4.98 Å². The predicted octanol–water partition coefficient (Wildman–Crippen LogP) is 2.07. The SMILES string of the molecule is O=NC(=O)c1c[nH]c2ccccc12. The second-order valence-corrected chi connectivity index (χ2v) is 2.64. The Balaban J connectivity index is 2.71. The molecule has 1 aromatic heterocycles. The van der Waals surface area contributed by atoms with Crippen molar-refractivity contribution in [2.75, 3.05) is 0 Å². The lowest BCUT2D eigenvalue weighted by Crippen LogP contribution is -1.90.